The summed E-state index contributed by atoms with van der Waals surface area (Å²) in [5.74, 6) is 3.98. The van der Waals surface area contributed by atoms with Crippen LogP contribution in [-0.2, 0) is 22.4 Å². The fraction of sp³-hybridized carbons (Fsp3) is 1.00. The van der Waals surface area contributed by atoms with Crippen LogP contribution in [0.1, 0.15) is 77.0 Å². The fourth-order valence-corrected chi connectivity index (χ4v) is 12.3. The summed E-state index contributed by atoms with van der Waals surface area (Å²) in [6, 6.07) is -1.07. The first-order valence-corrected chi connectivity index (χ1v) is 18.6. The summed E-state index contributed by atoms with van der Waals surface area (Å²) in [5, 5.41) is 33.0. The van der Waals surface area contributed by atoms with E-state index in [1.54, 1.807) is 0 Å². The molecule has 8 bridgehead atoms. The van der Waals surface area contributed by atoms with Gasteiger partial charge >= 0.3 is 0 Å². The van der Waals surface area contributed by atoms with Crippen LogP contribution in [0.4, 0.5) is 0 Å². The van der Waals surface area contributed by atoms with E-state index in [4.69, 9.17) is 22.9 Å². The first kappa shape index (κ1) is 32.5. The molecule has 5 saturated heterocycles. The molecular weight excluding hydrogens is 660 g/mol. The van der Waals surface area contributed by atoms with Gasteiger partial charge in [-0.2, -0.15) is 0 Å². The van der Waals surface area contributed by atoms with Crippen molar-refractivity contribution < 1.29 is 22.4 Å². The van der Waals surface area contributed by atoms with Crippen LogP contribution in [0.2, 0.25) is 0 Å². The molecule has 45 heavy (non-hydrogen) atoms. The predicted octanol–water partition coefficient (Wildman–Crippen LogP) is -1.65. The van der Waals surface area contributed by atoms with E-state index in [0.717, 1.165) is 0 Å². The second-order valence-electron chi connectivity index (χ2n) is 16.5. The number of fused-ring (bicyclic) bond motifs is 20. The molecule has 9 fully saturated rings. The molecule has 0 aromatic carbocycles. The third-order valence-corrected chi connectivity index (χ3v) is 14.5. The Kier molecular flexibility index (Phi) is 9.28. The molecule has 20 atom stereocenters. The molecule has 9 rings (SSSR count). The standard InChI is InChI=1S/C32H60N12.Ag/c33-21-19-20(22(34)24(36)23(21)35)32-43-30-18-12-6-4-10-16(18)28(41-30)39-26-14-8-2-1-7-13(14)25(37-26)38-27-15-9-3-5-11-17(15)29(40-27)42-31(19)44-32;/h13-32,37-44H,1-12,33-36H2;. The minimum Gasteiger partial charge on any atom is -0.326 e. The molecule has 0 aromatic rings. The van der Waals surface area contributed by atoms with Crippen molar-refractivity contribution >= 4 is 0 Å². The van der Waals surface area contributed by atoms with Gasteiger partial charge in [-0.1, -0.05) is 38.5 Å². The van der Waals surface area contributed by atoms with Crippen LogP contribution in [0.25, 0.3) is 0 Å². The summed E-state index contributed by atoms with van der Waals surface area (Å²) in [4.78, 5) is 0. The Morgan fingerprint density at radius 3 is 0.733 bits per heavy atom. The summed E-state index contributed by atoms with van der Waals surface area (Å²) in [6.07, 6.45) is 17.4. The Morgan fingerprint density at radius 1 is 0.289 bits per heavy atom. The van der Waals surface area contributed by atoms with Crippen LogP contribution in [0, 0.1) is 47.3 Å². The fourth-order valence-electron chi connectivity index (χ4n) is 12.3. The van der Waals surface area contributed by atoms with E-state index in [1.165, 1.54) is 77.0 Å². The monoisotopic (exact) mass is 719 g/mol. The molecule has 9 aliphatic rings. The average Bonchev–Trinajstić information content (AvgIpc) is 3.78. The van der Waals surface area contributed by atoms with Crippen molar-refractivity contribution in [1.82, 2.24) is 42.5 Å². The third kappa shape index (κ3) is 5.38. The van der Waals surface area contributed by atoms with Crippen LogP contribution in [0.5, 0.6) is 0 Å². The summed E-state index contributed by atoms with van der Waals surface area (Å²) >= 11 is 0. The maximum absolute atomic E-state index is 6.98. The number of nitrogens with two attached hydrogens (primary N) is 4. The quantitative estimate of drug-likeness (QED) is 0.128. The third-order valence-electron chi connectivity index (χ3n) is 14.5. The number of hydrogen-bond acceptors (Lipinski definition) is 12. The smallest absolute Gasteiger partial charge is 0.0644 e. The Bertz CT molecular complexity index is 978. The van der Waals surface area contributed by atoms with E-state index >= 15 is 0 Å². The van der Waals surface area contributed by atoms with Gasteiger partial charge in [-0.05, 0) is 74.0 Å². The van der Waals surface area contributed by atoms with Gasteiger partial charge in [-0.3, -0.25) is 42.5 Å². The number of hydrogen-bond donors (Lipinski definition) is 12. The Balaban J connectivity index is 0.00000300. The Labute approximate surface area is 284 Å². The van der Waals surface area contributed by atoms with Crippen molar-refractivity contribution in [2.45, 2.75) is 151 Å². The van der Waals surface area contributed by atoms with Gasteiger partial charge in [-0.15, -0.1) is 0 Å². The second kappa shape index (κ2) is 12.9. The maximum Gasteiger partial charge on any atom is 0.0644 e. The summed E-state index contributed by atoms with van der Waals surface area (Å²) in [5.41, 5.74) is 27.3. The van der Waals surface area contributed by atoms with E-state index in [1.807, 2.05) is 0 Å². The molecule has 12 nitrogen and oxygen atoms in total. The van der Waals surface area contributed by atoms with Crippen LogP contribution in [-0.4, -0.2) is 73.5 Å². The molecule has 1 radical (unpaired) electrons. The zero-order valence-corrected chi connectivity index (χ0v) is 28.1. The van der Waals surface area contributed by atoms with Gasteiger partial charge in [0, 0.05) is 58.4 Å². The summed E-state index contributed by atoms with van der Waals surface area (Å²) in [7, 11) is 0. The van der Waals surface area contributed by atoms with Gasteiger partial charge in [0.25, 0.3) is 0 Å². The minimum atomic E-state index is -0.315. The molecule has 4 aliphatic carbocycles. The summed E-state index contributed by atoms with van der Waals surface area (Å²) in [6.45, 7) is 0. The molecule has 4 saturated carbocycles. The van der Waals surface area contributed by atoms with Crippen LogP contribution >= 0.6 is 0 Å². The number of nitrogens with one attached hydrogen (secondary N) is 8. The second-order valence-corrected chi connectivity index (χ2v) is 16.5. The first-order valence-electron chi connectivity index (χ1n) is 18.6. The van der Waals surface area contributed by atoms with E-state index in [-0.39, 0.29) is 83.0 Å². The molecule has 5 aliphatic heterocycles. The van der Waals surface area contributed by atoms with Crippen molar-refractivity contribution in [3.05, 3.63) is 0 Å². The molecular formula is C32H60AgN12. The largest absolute Gasteiger partial charge is 0.326 e. The van der Waals surface area contributed by atoms with E-state index in [9.17, 15) is 0 Å². The van der Waals surface area contributed by atoms with E-state index in [2.05, 4.69) is 42.5 Å². The van der Waals surface area contributed by atoms with Gasteiger partial charge in [0.2, 0.25) is 0 Å². The Morgan fingerprint density at radius 2 is 0.489 bits per heavy atom. The normalized spacial score (nSPS) is 58.9. The maximum atomic E-state index is 6.98. The van der Waals surface area contributed by atoms with Crippen molar-refractivity contribution in [3.8, 4) is 0 Å². The summed E-state index contributed by atoms with van der Waals surface area (Å²) < 4.78 is 0. The van der Waals surface area contributed by atoms with Gasteiger partial charge in [0.15, 0.2) is 0 Å². The molecule has 0 aromatic heterocycles. The predicted molar refractivity (Wildman–Crippen MR) is 171 cm³/mol. The first-order chi connectivity index (χ1) is 21.5. The minimum absolute atomic E-state index is 0. The van der Waals surface area contributed by atoms with Gasteiger partial charge < -0.3 is 22.9 Å². The number of rotatable bonds is 0. The molecule has 20 unspecified atom stereocenters. The zero-order valence-electron chi connectivity index (χ0n) is 26.6. The van der Waals surface area contributed by atoms with E-state index < -0.39 is 0 Å². The zero-order chi connectivity index (χ0) is 29.7. The molecule has 5 heterocycles. The van der Waals surface area contributed by atoms with Crippen molar-refractivity contribution in [2.75, 3.05) is 0 Å². The van der Waals surface area contributed by atoms with Crippen molar-refractivity contribution in [2.24, 2.45) is 70.3 Å². The topological polar surface area (TPSA) is 200 Å². The van der Waals surface area contributed by atoms with Crippen LogP contribution in [0.15, 0.2) is 0 Å². The Hall–Kier alpha value is 0.260. The molecule has 259 valence electrons. The molecule has 16 N–H and O–H groups in total. The van der Waals surface area contributed by atoms with E-state index in [0.29, 0.717) is 60.2 Å². The average molecular weight is 721 g/mol. The van der Waals surface area contributed by atoms with Crippen molar-refractivity contribution in [3.63, 3.8) is 0 Å². The molecule has 13 heteroatoms. The van der Waals surface area contributed by atoms with Gasteiger partial charge in [0.05, 0.1) is 49.3 Å². The van der Waals surface area contributed by atoms with Gasteiger partial charge in [0.1, 0.15) is 0 Å². The SMILES string of the molecule is NC1C(N)C(N)C2C3NC4NC(NC5NC(NC6NC(NC(N3)C2C1N)C1CCCCC61)C1CCCCC51)C1CCCCC41.[Ag]. The van der Waals surface area contributed by atoms with Crippen LogP contribution in [0.3, 0.4) is 0 Å². The van der Waals surface area contributed by atoms with Crippen LogP contribution < -0.4 is 65.5 Å². The molecule has 0 amide bonds. The van der Waals surface area contributed by atoms with Crippen molar-refractivity contribution in [1.29, 1.82) is 0 Å². The van der Waals surface area contributed by atoms with Gasteiger partial charge in [-0.25, -0.2) is 0 Å². The molecule has 0 spiro atoms.